The van der Waals surface area contributed by atoms with Crippen LogP contribution in [0.25, 0.3) is 5.69 Å². The molecule has 28 heavy (non-hydrogen) atoms. The van der Waals surface area contributed by atoms with E-state index in [1.165, 1.54) is 18.1 Å². The van der Waals surface area contributed by atoms with Gasteiger partial charge >= 0.3 is 6.03 Å². The first-order valence-corrected chi connectivity index (χ1v) is 8.86. The van der Waals surface area contributed by atoms with Gasteiger partial charge in [-0.2, -0.15) is 5.10 Å². The van der Waals surface area contributed by atoms with E-state index in [1.54, 1.807) is 23.9 Å². The molecule has 0 fully saturated rings. The molecule has 0 atom stereocenters. The Balaban J connectivity index is 1.76. The van der Waals surface area contributed by atoms with Gasteiger partial charge in [0, 0.05) is 19.3 Å². The molecule has 1 aromatic heterocycles. The second-order valence-corrected chi connectivity index (χ2v) is 6.61. The summed E-state index contributed by atoms with van der Waals surface area (Å²) in [5.41, 5.74) is 3.97. The number of urea groups is 1. The van der Waals surface area contributed by atoms with Crippen molar-refractivity contribution in [3.05, 3.63) is 71.3 Å². The fourth-order valence-electron chi connectivity index (χ4n) is 3.00. The number of rotatable bonds is 5. The topological polar surface area (TPSA) is 59.4 Å². The Labute approximate surface area is 163 Å². The number of benzene rings is 2. The van der Waals surface area contributed by atoms with Crippen LogP contribution in [0.2, 0.25) is 0 Å². The predicted octanol–water partition coefficient (Wildman–Crippen LogP) is 4.30. The lowest BCUT2D eigenvalue weighted by atomic mass is 10.2. The van der Waals surface area contributed by atoms with Crippen LogP contribution in [0, 0.1) is 19.7 Å². The van der Waals surface area contributed by atoms with Crippen LogP contribution in [-0.2, 0) is 6.54 Å². The minimum absolute atomic E-state index is 0.176. The summed E-state index contributed by atoms with van der Waals surface area (Å²) < 4.78 is 20.6. The number of aryl methyl sites for hydroxylation is 2. The molecular weight excluding hydrogens is 359 g/mol. The number of amides is 2. The summed E-state index contributed by atoms with van der Waals surface area (Å²) in [6, 6.07) is 13.8. The monoisotopic (exact) mass is 382 g/mol. The molecule has 0 spiro atoms. The minimum atomic E-state index is -0.455. The highest BCUT2D eigenvalue weighted by Gasteiger charge is 2.15. The van der Waals surface area contributed by atoms with Crippen molar-refractivity contribution >= 4 is 11.7 Å². The zero-order valence-corrected chi connectivity index (χ0v) is 16.4. The molecule has 1 N–H and O–H groups in total. The number of hydrogen-bond acceptors (Lipinski definition) is 3. The van der Waals surface area contributed by atoms with Gasteiger partial charge < -0.3 is 15.0 Å². The SMILES string of the molecule is COc1ccc(CN(C)C(=O)Nc2ccccc2-n2nc(C)cc2C)cc1F. The molecule has 0 aliphatic rings. The van der Waals surface area contributed by atoms with Crippen molar-refractivity contribution in [3.63, 3.8) is 0 Å². The molecule has 2 amide bonds. The van der Waals surface area contributed by atoms with Crippen molar-refractivity contribution in [3.8, 4) is 11.4 Å². The Morgan fingerprint density at radius 1 is 1.21 bits per heavy atom. The van der Waals surface area contributed by atoms with Gasteiger partial charge in [-0.15, -0.1) is 0 Å². The fraction of sp³-hybridized carbons (Fsp3) is 0.238. The van der Waals surface area contributed by atoms with E-state index in [2.05, 4.69) is 10.4 Å². The summed E-state index contributed by atoms with van der Waals surface area (Å²) in [4.78, 5) is 14.2. The summed E-state index contributed by atoms with van der Waals surface area (Å²) in [5, 5.41) is 7.40. The second kappa shape index (κ2) is 8.12. The lowest BCUT2D eigenvalue weighted by Crippen LogP contribution is -2.31. The Morgan fingerprint density at radius 2 is 1.96 bits per heavy atom. The highest BCUT2D eigenvalue weighted by Crippen LogP contribution is 2.22. The zero-order chi connectivity index (χ0) is 20.3. The molecule has 1 heterocycles. The first-order valence-electron chi connectivity index (χ1n) is 8.86. The van der Waals surface area contributed by atoms with Gasteiger partial charge in [0.2, 0.25) is 0 Å². The third-order valence-corrected chi connectivity index (χ3v) is 4.37. The van der Waals surface area contributed by atoms with Gasteiger partial charge in [-0.3, -0.25) is 0 Å². The molecule has 3 rings (SSSR count). The maximum atomic E-state index is 13.9. The van der Waals surface area contributed by atoms with Crippen LogP contribution in [0.5, 0.6) is 5.75 Å². The number of anilines is 1. The quantitative estimate of drug-likeness (QED) is 0.716. The smallest absolute Gasteiger partial charge is 0.321 e. The number of hydrogen-bond donors (Lipinski definition) is 1. The summed E-state index contributed by atoms with van der Waals surface area (Å²) in [7, 11) is 3.07. The number of carbonyl (C=O) groups is 1. The van der Waals surface area contributed by atoms with Crippen LogP contribution >= 0.6 is 0 Å². The fourth-order valence-corrected chi connectivity index (χ4v) is 3.00. The predicted molar refractivity (Wildman–Crippen MR) is 106 cm³/mol. The van der Waals surface area contributed by atoms with Crippen LogP contribution in [0.15, 0.2) is 48.5 Å². The molecule has 0 saturated heterocycles. The molecule has 0 unspecified atom stereocenters. The van der Waals surface area contributed by atoms with Gasteiger partial charge in [-0.05, 0) is 49.7 Å². The molecule has 7 heteroatoms. The molecule has 3 aromatic rings. The Morgan fingerprint density at radius 3 is 2.61 bits per heavy atom. The highest BCUT2D eigenvalue weighted by molar-refractivity contribution is 5.91. The van der Waals surface area contributed by atoms with Crippen molar-refractivity contribution in [2.75, 3.05) is 19.5 Å². The van der Waals surface area contributed by atoms with E-state index in [0.717, 1.165) is 17.1 Å². The molecule has 0 aliphatic carbocycles. The Kier molecular flexibility index (Phi) is 5.63. The normalized spacial score (nSPS) is 10.6. The first-order chi connectivity index (χ1) is 13.4. The molecule has 0 aliphatic heterocycles. The van der Waals surface area contributed by atoms with E-state index in [9.17, 15) is 9.18 Å². The van der Waals surface area contributed by atoms with Gasteiger partial charge in [0.25, 0.3) is 0 Å². The van der Waals surface area contributed by atoms with E-state index in [0.29, 0.717) is 11.3 Å². The molecule has 146 valence electrons. The van der Waals surface area contributed by atoms with E-state index >= 15 is 0 Å². The molecule has 0 bridgehead atoms. The van der Waals surface area contributed by atoms with E-state index in [-0.39, 0.29) is 18.3 Å². The van der Waals surface area contributed by atoms with Crippen LogP contribution < -0.4 is 10.1 Å². The van der Waals surface area contributed by atoms with Crippen LogP contribution in [0.3, 0.4) is 0 Å². The molecule has 6 nitrogen and oxygen atoms in total. The highest BCUT2D eigenvalue weighted by atomic mass is 19.1. The van der Waals surface area contributed by atoms with Gasteiger partial charge in [0.1, 0.15) is 0 Å². The maximum absolute atomic E-state index is 13.9. The number of methoxy groups -OCH3 is 1. The minimum Gasteiger partial charge on any atom is -0.494 e. The van der Waals surface area contributed by atoms with Gasteiger partial charge in [-0.1, -0.05) is 18.2 Å². The van der Waals surface area contributed by atoms with Crippen molar-refractivity contribution in [2.24, 2.45) is 0 Å². The Bertz CT molecular complexity index is 1000. The third kappa shape index (κ3) is 4.14. The summed E-state index contributed by atoms with van der Waals surface area (Å²) in [6.45, 7) is 4.14. The molecule has 2 aromatic carbocycles. The second-order valence-electron chi connectivity index (χ2n) is 6.61. The summed E-state index contributed by atoms with van der Waals surface area (Å²) in [6.07, 6.45) is 0. The zero-order valence-electron chi connectivity index (χ0n) is 16.4. The molecule has 0 radical (unpaired) electrons. The van der Waals surface area contributed by atoms with Crippen molar-refractivity contribution in [1.82, 2.24) is 14.7 Å². The van der Waals surface area contributed by atoms with Gasteiger partial charge in [-0.25, -0.2) is 13.9 Å². The molecule has 0 saturated carbocycles. The van der Waals surface area contributed by atoms with Gasteiger partial charge in [0.05, 0.1) is 24.2 Å². The maximum Gasteiger partial charge on any atom is 0.321 e. The van der Waals surface area contributed by atoms with E-state index in [1.807, 2.05) is 44.2 Å². The number of ether oxygens (including phenoxy) is 1. The van der Waals surface area contributed by atoms with Crippen molar-refractivity contribution in [1.29, 1.82) is 0 Å². The van der Waals surface area contributed by atoms with Crippen LogP contribution in [0.1, 0.15) is 17.0 Å². The van der Waals surface area contributed by atoms with Crippen LogP contribution in [-0.4, -0.2) is 34.9 Å². The van der Waals surface area contributed by atoms with E-state index < -0.39 is 5.82 Å². The number of aromatic nitrogens is 2. The third-order valence-electron chi connectivity index (χ3n) is 4.37. The largest absolute Gasteiger partial charge is 0.494 e. The number of nitrogens with zero attached hydrogens (tertiary/aromatic N) is 3. The number of para-hydroxylation sites is 2. The summed E-state index contributed by atoms with van der Waals surface area (Å²) in [5.74, 6) is -0.279. The number of halogens is 1. The number of carbonyl (C=O) groups excluding carboxylic acids is 1. The average molecular weight is 382 g/mol. The molecular formula is C21H23FN4O2. The van der Waals surface area contributed by atoms with Crippen molar-refractivity contribution < 1.29 is 13.9 Å². The lowest BCUT2D eigenvalue weighted by molar-refractivity contribution is 0.220. The van der Waals surface area contributed by atoms with Crippen molar-refractivity contribution in [2.45, 2.75) is 20.4 Å². The average Bonchev–Trinajstić information content (AvgIpc) is 3.00. The van der Waals surface area contributed by atoms with E-state index in [4.69, 9.17) is 4.74 Å². The number of nitrogens with one attached hydrogen (secondary N) is 1. The summed E-state index contributed by atoms with van der Waals surface area (Å²) >= 11 is 0. The lowest BCUT2D eigenvalue weighted by Gasteiger charge is -2.20. The van der Waals surface area contributed by atoms with Crippen LogP contribution in [0.4, 0.5) is 14.9 Å². The first kappa shape index (κ1) is 19.4. The standard InChI is InChI=1S/C21H23FN4O2/c1-14-11-15(2)26(24-14)19-8-6-5-7-18(19)23-21(27)25(3)13-16-9-10-20(28-4)17(22)12-16/h5-12H,13H2,1-4H3,(H,23,27). The Hall–Kier alpha value is -3.35. The van der Waals surface area contributed by atoms with Gasteiger partial charge in [0.15, 0.2) is 11.6 Å².